The third kappa shape index (κ3) is 2.96. The summed E-state index contributed by atoms with van der Waals surface area (Å²) in [6, 6.07) is 4.52. The van der Waals surface area contributed by atoms with Crippen LogP contribution in [0.25, 0.3) is 5.57 Å². The SMILES string of the molecule is C=Nc1ccc(C2=C(OC(=O)N(C)C)C(C)NC2=O)c(Cl)c1. The lowest BCUT2D eigenvalue weighted by Crippen LogP contribution is -2.29. The van der Waals surface area contributed by atoms with Gasteiger partial charge in [-0.2, -0.15) is 0 Å². The summed E-state index contributed by atoms with van der Waals surface area (Å²) >= 11 is 6.21. The van der Waals surface area contributed by atoms with E-state index in [2.05, 4.69) is 17.0 Å². The molecule has 0 aromatic heterocycles. The molecule has 1 N–H and O–H groups in total. The van der Waals surface area contributed by atoms with Crippen LogP contribution in [0.1, 0.15) is 12.5 Å². The zero-order valence-corrected chi connectivity index (χ0v) is 13.3. The molecule has 2 rings (SSSR count). The highest BCUT2D eigenvalue weighted by atomic mass is 35.5. The predicted octanol–water partition coefficient (Wildman–Crippen LogP) is 2.60. The number of ether oxygens (including phenoxy) is 1. The van der Waals surface area contributed by atoms with Crippen molar-refractivity contribution in [3.63, 3.8) is 0 Å². The van der Waals surface area contributed by atoms with Crippen molar-refractivity contribution in [3.05, 3.63) is 34.5 Å². The molecule has 22 heavy (non-hydrogen) atoms. The van der Waals surface area contributed by atoms with Crippen molar-refractivity contribution in [2.75, 3.05) is 14.1 Å². The summed E-state index contributed by atoms with van der Waals surface area (Å²) in [5.74, 6) is -0.0832. The summed E-state index contributed by atoms with van der Waals surface area (Å²) in [4.78, 5) is 29.0. The first-order valence-electron chi connectivity index (χ1n) is 6.56. The van der Waals surface area contributed by atoms with Gasteiger partial charge >= 0.3 is 6.09 Å². The van der Waals surface area contributed by atoms with Crippen LogP contribution in [0.15, 0.2) is 29.0 Å². The van der Waals surface area contributed by atoms with Gasteiger partial charge < -0.3 is 15.0 Å². The van der Waals surface area contributed by atoms with Gasteiger partial charge in [0.2, 0.25) is 0 Å². The minimum absolute atomic E-state index is 0.253. The number of nitrogens with one attached hydrogen (secondary N) is 1. The summed E-state index contributed by atoms with van der Waals surface area (Å²) in [6.45, 7) is 5.16. The summed E-state index contributed by atoms with van der Waals surface area (Å²) < 4.78 is 5.32. The quantitative estimate of drug-likeness (QED) is 0.870. The second kappa shape index (κ2) is 6.19. The minimum Gasteiger partial charge on any atom is -0.412 e. The number of hydrogen-bond donors (Lipinski definition) is 1. The van der Waals surface area contributed by atoms with E-state index in [1.807, 2.05) is 0 Å². The molecule has 1 unspecified atom stereocenters. The summed E-state index contributed by atoms with van der Waals surface area (Å²) in [5.41, 5.74) is 1.33. The van der Waals surface area contributed by atoms with Crippen molar-refractivity contribution in [3.8, 4) is 0 Å². The topological polar surface area (TPSA) is 71.0 Å². The Morgan fingerprint density at radius 3 is 2.68 bits per heavy atom. The number of aliphatic imine (C=N–C) groups is 1. The molecule has 0 radical (unpaired) electrons. The number of nitrogens with zero attached hydrogens (tertiary/aromatic N) is 2. The van der Waals surface area contributed by atoms with E-state index in [0.717, 1.165) is 0 Å². The lowest BCUT2D eigenvalue weighted by atomic mass is 10.0. The Morgan fingerprint density at radius 1 is 1.45 bits per heavy atom. The highest BCUT2D eigenvalue weighted by molar-refractivity contribution is 6.35. The maximum absolute atomic E-state index is 12.2. The number of halogens is 1. The molecule has 7 heteroatoms. The number of carbonyl (C=O) groups is 2. The molecule has 6 nitrogen and oxygen atoms in total. The second-order valence-corrected chi connectivity index (χ2v) is 5.43. The minimum atomic E-state index is -0.559. The Bertz CT molecular complexity index is 683. The molecular formula is C15H16ClN3O3. The van der Waals surface area contributed by atoms with Crippen LogP contribution in [0.4, 0.5) is 10.5 Å². The van der Waals surface area contributed by atoms with Crippen LogP contribution in [0.5, 0.6) is 0 Å². The molecular weight excluding hydrogens is 306 g/mol. The smallest absolute Gasteiger partial charge is 0.412 e. The Balaban J connectivity index is 2.51. The molecule has 0 aliphatic carbocycles. The van der Waals surface area contributed by atoms with Gasteiger partial charge in [0.25, 0.3) is 5.91 Å². The van der Waals surface area contributed by atoms with Gasteiger partial charge in [0, 0.05) is 19.7 Å². The van der Waals surface area contributed by atoms with E-state index in [0.29, 0.717) is 16.3 Å². The predicted molar refractivity (Wildman–Crippen MR) is 85.4 cm³/mol. The third-order valence-corrected chi connectivity index (χ3v) is 3.49. The molecule has 1 aliphatic rings. The van der Waals surface area contributed by atoms with E-state index in [1.54, 1.807) is 39.2 Å². The zero-order valence-electron chi connectivity index (χ0n) is 12.5. The first kappa shape index (κ1) is 16.0. The van der Waals surface area contributed by atoms with Crippen molar-refractivity contribution in [1.82, 2.24) is 10.2 Å². The van der Waals surface area contributed by atoms with E-state index in [4.69, 9.17) is 16.3 Å². The fraction of sp³-hybridized carbons (Fsp3) is 0.267. The second-order valence-electron chi connectivity index (χ2n) is 5.02. The number of amides is 2. The summed E-state index contributed by atoms with van der Waals surface area (Å²) in [7, 11) is 3.13. The molecule has 2 amide bonds. The van der Waals surface area contributed by atoms with E-state index >= 15 is 0 Å². The van der Waals surface area contributed by atoms with Crippen LogP contribution in [0.2, 0.25) is 5.02 Å². The van der Waals surface area contributed by atoms with Gasteiger partial charge in [0.05, 0.1) is 22.3 Å². The van der Waals surface area contributed by atoms with Gasteiger partial charge in [-0.05, 0) is 25.8 Å². The Labute approximate surface area is 133 Å². The van der Waals surface area contributed by atoms with Gasteiger partial charge in [0.1, 0.15) is 5.76 Å². The lowest BCUT2D eigenvalue weighted by molar-refractivity contribution is -0.115. The molecule has 0 spiro atoms. The Kier molecular flexibility index (Phi) is 4.51. The van der Waals surface area contributed by atoms with Crippen molar-refractivity contribution >= 4 is 41.6 Å². The fourth-order valence-electron chi connectivity index (χ4n) is 2.05. The molecule has 1 aliphatic heterocycles. The molecule has 1 atom stereocenters. The first-order valence-corrected chi connectivity index (χ1v) is 6.93. The summed E-state index contributed by atoms with van der Waals surface area (Å²) in [6.07, 6.45) is -0.559. The van der Waals surface area contributed by atoms with E-state index in [1.165, 1.54) is 4.90 Å². The zero-order chi connectivity index (χ0) is 16.4. The van der Waals surface area contributed by atoms with E-state index < -0.39 is 12.1 Å². The standard InChI is InChI=1S/C15H16ClN3O3/c1-8-13(22-15(21)19(3)4)12(14(20)18-8)10-6-5-9(17-2)7-11(10)16/h5-8H,2H2,1,3-4H3,(H,18,20). The van der Waals surface area contributed by atoms with Crippen LogP contribution >= 0.6 is 11.6 Å². The molecule has 116 valence electrons. The van der Waals surface area contributed by atoms with E-state index in [-0.39, 0.29) is 17.2 Å². The van der Waals surface area contributed by atoms with Crippen LogP contribution in [-0.2, 0) is 9.53 Å². The lowest BCUT2D eigenvalue weighted by Gasteiger charge is -2.15. The maximum Gasteiger partial charge on any atom is 0.414 e. The highest BCUT2D eigenvalue weighted by Gasteiger charge is 2.34. The maximum atomic E-state index is 12.2. The van der Waals surface area contributed by atoms with Gasteiger partial charge in [0.15, 0.2) is 0 Å². The monoisotopic (exact) mass is 321 g/mol. The molecule has 1 heterocycles. The van der Waals surface area contributed by atoms with Gasteiger partial charge in [-0.25, -0.2) is 4.79 Å². The van der Waals surface area contributed by atoms with Crippen molar-refractivity contribution in [1.29, 1.82) is 0 Å². The van der Waals surface area contributed by atoms with Gasteiger partial charge in [-0.15, -0.1) is 0 Å². The number of benzene rings is 1. The highest BCUT2D eigenvalue weighted by Crippen LogP contribution is 2.34. The van der Waals surface area contributed by atoms with Crippen molar-refractivity contribution in [2.45, 2.75) is 13.0 Å². The van der Waals surface area contributed by atoms with Crippen LogP contribution in [0.3, 0.4) is 0 Å². The molecule has 0 fully saturated rings. The van der Waals surface area contributed by atoms with Crippen LogP contribution < -0.4 is 5.32 Å². The van der Waals surface area contributed by atoms with Crippen LogP contribution in [0, 0.1) is 0 Å². The van der Waals surface area contributed by atoms with Crippen LogP contribution in [-0.4, -0.2) is 43.8 Å². The first-order chi connectivity index (χ1) is 10.3. The van der Waals surface area contributed by atoms with E-state index in [9.17, 15) is 9.59 Å². The average Bonchev–Trinajstić information content (AvgIpc) is 2.73. The van der Waals surface area contributed by atoms with Gasteiger partial charge in [-0.1, -0.05) is 17.7 Å². The number of carbonyl (C=O) groups excluding carboxylic acids is 2. The Morgan fingerprint density at radius 2 is 2.14 bits per heavy atom. The van der Waals surface area contributed by atoms with Gasteiger partial charge in [-0.3, -0.25) is 9.79 Å². The fourth-order valence-corrected chi connectivity index (χ4v) is 2.32. The third-order valence-electron chi connectivity index (χ3n) is 3.18. The van der Waals surface area contributed by atoms with Crippen molar-refractivity contribution < 1.29 is 14.3 Å². The number of hydrogen-bond acceptors (Lipinski definition) is 4. The largest absolute Gasteiger partial charge is 0.414 e. The normalized spacial score (nSPS) is 17.3. The van der Waals surface area contributed by atoms with Crippen molar-refractivity contribution in [2.24, 2.45) is 4.99 Å². The molecule has 0 saturated carbocycles. The summed E-state index contributed by atoms with van der Waals surface area (Å²) in [5, 5.41) is 3.05. The molecule has 1 aromatic rings. The molecule has 1 aromatic carbocycles. The number of rotatable bonds is 3. The molecule has 0 bridgehead atoms. The Hall–Kier alpha value is -2.34. The average molecular weight is 322 g/mol. The molecule has 0 saturated heterocycles.